The summed E-state index contributed by atoms with van der Waals surface area (Å²) in [5, 5.41) is 8.42. The van der Waals surface area contributed by atoms with Gasteiger partial charge in [-0.3, -0.25) is 4.79 Å². The maximum absolute atomic E-state index is 12.5. The van der Waals surface area contributed by atoms with Crippen LogP contribution in [0.15, 0.2) is 39.9 Å². The van der Waals surface area contributed by atoms with Crippen LogP contribution in [0.1, 0.15) is 51.2 Å². The van der Waals surface area contributed by atoms with Crippen LogP contribution in [0.2, 0.25) is 0 Å². The molecule has 27 heavy (non-hydrogen) atoms. The minimum atomic E-state index is -0.0573. The molecule has 4 saturated carbocycles. The van der Waals surface area contributed by atoms with E-state index in [9.17, 15) is 4.79 Å². The number of benzene rings is 1. The van der Waals surface area contributed by atoms with E-state index >= 15 is 0 Å². The predicted octanol–water partition coefficient (Wildman–Crippen LogP) is 4.26. The van der Waals surface area contributed by atoms with Crippen LogP contribution < -0.4 is 5.32 Å². The minimum Gasteiger partial charge on any atom is -0.455 e. The molecule has 4 aliphatic rings. The van der Waals surface area contributed by atoms with Crippen LogP contribution in [-0.2, 0) is 9.63 Å². The fourth-order valence-electron chi connectivity index (χ4n) is 5.99. The Hall–Kier alpha value is -2.30. The van der Waals surface area contributed by atoms with Gasteiger partial charge in [-0.2, -0.15) is 0 Å². The van der Waals surface area contributed by atoms with Crippen molar-refractivity contribution in [2.75, 3.05) is 6.61 Å². The molecule has 2 aromatic rings. The summed E-state index contributed by atoms with van der Waals surface area (Å²) in [5.74, 6) is 3.04. The summed E-state index contributed by atoms with van der Waals surface area (Å²) in [5.41, 5.74) is 1.47. The average molecular weight is 366 g/mol. The Bertz CT molecular complexity index is 830. The van der Waals surface area contributed by atoms with Gasteiger partial charge in [0, 0.05) is 10.9 Å². The van der Waals surface area contributed by atoms with E-state index in [1.165, 1.54) is 19.3 Å². The number of carbonyl (C=O) groups excluding carboxylic acids is 1. The topological polar surface area (TPSA) is 63.8 Å². The monoisotopic (exact) mass is 366 g/mol. The van der Waals surface area contributed by atoms with Gasteiger partial charge in [-0.05, 0) is 75.3 Å². The molecule has 1 amide bonds. The molecule has 0 unspecified atom stereocenters. The van der Waals surface area contributed by atoms with Crippen molar-refractivity contribution in [3.05, 3.63) is 36.1 Å². The number of hydrogen-bond acceptors (Lipinski definition) is 4. The standard InChI is InChI=1S/C22H26N2O3/c1-14(20-9-18-4-2-3-5-19(18)27-20)24-26-13-21(25)23-22-10-15-6-16(11-22)8-17(7-15)12-22/h2-5,9,15-17H,6-8,10-13H2,1H3,(H,23,25)/b24-14-. The second kappa shape index (κ2) is 6.39. The van der Waals surface area contributed by atoms with Crippen molar-refractivity contribution >= 4 is 22.6 Å². The average Bonchev–Trinajstić information content (AvgIpc) is 3.04. The number of oxime groups is 1. The van der Waals surface area contributed by atoms with Gasteiger partial charge in [0.05, 0.1) is 0 Å². The number of fused-ring (bicyclic) bond motifs is 1. The van der Waals surface area contributed by atoms with Gasteiger partial charge in [-0.15, -0.1) is 0 Å². The van der Waals surface area contributed by atoms with Crippen LogP contribution >= 0.6 is 0 Å². The molecule has 0 atom stereocenters. The summed E-state index contributed by atoms with van der Waals surface area (Å²) in [4.78, 5) is 17.8. The number of nitrogens with zero attached hydrogens (tertiary/aromatic N) is 1. The molecule has 0 aliphatic heterocycles. The number of amides is 1. The number of para-hydroxylation sites is 1. The highest BCUT2D eigenvalue weighted by Crippen LogP contribution is 2.55. The second-order valence-electron chi connectivity index (χ2n) is 8.84. The fraction of sp³-hybridized carbons (Fsp3) is 0.545. The van der Waals surface area contributed by atoms with Crippen molar-refractivity contribution in [3.8, 4) is 0 Å². The van der Waals surface area contributed by atoms with E-state index in [0.717, 1.165) is 48.0 Å². The van der Waals surface area contributed by atoms with E-state index in [4.69, 9.17) is 9.25 Å². The molecule has 4 fully saturated rings. The van der Waals surface area contributed by atoms with Crippen molar-refractivity contribution in [3.63, 3.8) is 0 Å². The highest BCUT2D eigenvalue weighted by atomic mass is 16.6. The summed E-state index contributed by atoms with van der Waals surface area (Å²) in [6.45, 7) is 1.79. The summed E-state index contributed by atoms with van der Waals surface area (Å²) in [6, 6.07) is 9.76. The molecule has 4 aliphatic carbocycles. The lowest BCUT2D eigenvalue weighted by Gasteiger charge is -2.56. The lowest BCUT2D eigenvalue weighted by atomic mass is 9.53. The first-order valence-corrected chi connectivity index (χ1v) is 10.1. The van der Waals surface area contributed by atoms with E-state index in [2.05, 4.69) is 10.5 Å². The lowest BCUT2D eigenvalue weighted by molar-refractivity contribution is -0.131. The van der Waals surface area contributed by atoms with Gasteiger partial charge in [0.25, 0.3) is 5.91 Å². The smallest absolute Gasteiger partial charge is 0.261 e. The van der Waals surface area contributed by atoms with Gasteiger partial charge in [0.2, 0.25) is 0 Å². The summed E-state index contributed by atoms with van der Waals surface area (Å²) in [7, 11) is 0. The number of carbonyl (C=O) groups is 1. The molecule has 0 saturated heterocycles. The van der Waals surface area contributed by atoms with E-state index in [1.807, 2.05) is 37.3 Å². The van der Waals surface area contributed by atoms with Crippen LogP contribution in [0.4, 0.5) is 0 Å². The molecule has 1 N–H and O–H groups in total. The first-order valence-electron chi connectivity index (χ1n) is 10.1. The number of rotatable bonds is 5. The molecule has 1 aromatic carbocycles. The van der Waals surface area contributed by atoms with Crippen LogP contribution in [0.5, 0.6) is 0 Å². The molecule has 142 valence electrons. The van der Waals surface area contributed by atoms with Crippen LogP contribution in [0, 0.1) is 17.8 Å². The van der Waals surface area contributed by atoms with Crippen molar-refractivity contribution in [2.45, 2.75) is 51.0 Å². The highest BCUT2D eigenvalue weighted by molar-refractivity contribution is 5.99. The Kier molecular flexibility index (Phi) is 3.99. The molecule has 4 bridgehead atoms. The van der Waals surface area contributed by atoms with E-state index in [0.29, 0.717) is 11.5 Å². The van der Waals surface area contributed by atoms with Crippen molar-refractivity contribution in [2.24, 2.45) is 22.9 Å². The maximum atomic E-state index is 12.5. The largest absolute Gasteiger partial charge is 0.455 e. The number of hydrogen-bond donors (Lipinski definition) is 1. The zero-order chi connectivity index (χ0) is 18.4. The van der Waals surface area contributed by atoms with Gasteiger partial charge in [-0.1, -0.05) is 23.4 Å². The third-order valence-electron chi connectivity index (χ3n) is 6.62. The Morgan fingerprint density at radius 2 is 1.85 bits per heavy atom. The van der Waals surface area contributed by atoms with E-state index in [-0.39, 0.29) is 18.1 Å². The Labute approximate surface area is 159 Å². The predicted molar refractivity (Wildman–Crippen MR) is 103 cm³/mol. The molecule has 5 nitrogen and oxygen atoms in total. The summed E-state index contributed by atoms with van der Waals surface area (Å²) in [6.07, 6.45) is 7.54. The van der Waals surface area contributed by atoms with Gasteiger partial charge >= 0.3 is 0 Å². The Morgan fingerprint density at radius 1 is 1.19 bits per heavy atom. The van der Waals surface area contributed by atoms with Gasteiger partial charge in [0.1, 0.15) is 11.3 Å². The first kappa shape index (κ1) is 16.8. The van der Waals surface area contributed by atoms with Gasteiger partial charge in [-0.25, -0.2) is 0 Å². The second-order valence-corrected chi connectivity index (χ2v) is 8.84. The van der Waals surface area contributed by atoms with Gasteiger partial charge < -0.3 is 14.6 Å². The summed E-state index contributed by atoms with van der Waals surface area (Å²) >= 11 is 0. The molecule has 1 heterocycles. The molecule has 0 spiro atoms. The summed E-state index contributed by atoms with van der Waals surface area (Å²) < 4.78 is 5.77. The molecular formula is C22H26N2O3. The quantitative estimate of drug-likeness (QED) is 0.635. The van der Waals surface area contributed by atoms with Crippen LogP contribution in [-0.4, -0.2) is 23.8 Å². The molecule has 0 radical (unpaired) electrons. The molecule has 5 heteroatoms. The zero-order valence-corrected chi connectivity index (χ0v) is 15.7. The van der Waals surface area contributed by atoms with Crippen molar-refractivity contribution in [1.29, 1.82) is 0 Å². The number of furan rings is 1. The normalized spacial score (nSPS) is 32.0. The first-order chi connectivity index (χ1) is 13.1. The van der Waals surface area contributed by atoms with Gasteiger partial charge in [0.15, 0.2) is 12.4 Å². The maximum Gasteiger partial charge on any atom is 0.261 e. The van der Waals surface area contributed by atoms with Crippen molar-refractivity contribution in [1.82, 2.24) is 5.32 Å². The third kappa shape index (κ3) is 3.24. The Balaban J connectivity index is 1.19. The van der Waals surface area contributed by atoms with Crippen LogP contribution in [0.25, 0.3) is 11.0 Å². The van der Waals surface area contributed by atoms with Crippen LogP contribution in [0.3, 0.4) is 0 Å². The van der Waals surface area contributed by atoms with E-state index < -0.39 is 0 Å². The molecular weight excluding hydrogens is 340 g/mol. The van der Waals surface area contributed by atoms with E-state index in [1.54, 1.807) is 0 Å². The minimum absolute atomic E-state index is 0.0205. The third-order valence-corrected chi connectivity index (χ3v) is 6.62. The zero-order valence-electron chi connectivity index (χ0n) is 15.7. The lowest BCUT2D eigenvalue weighted by Crippen LogP contribution is -2.60. The highest BCUT2D eigenvalue weighted by Gasteiger charge is 2.51. The SMILES string of the molecule is C/C(=N/OCC(=O)NC12CC3CC(CC(C3)C1)C2)c1cc2ccccc2o1. The molecule has 6 rings (SSSR count). The van der Waals surface area contributed by atoms with Crippen molar-refractivity contribution < 1.29 is 14.0 Å². The Morgan fingerprint density at radius 3 is 2.52 bits per heavy atom. The fourth-order valence-corrected chi connectivity index (χ4v) is 5.99. The molecule has 1 aromatic heterocycles. The number of nitrogens with one attached hydrogen (secondary N) is 1.